The Balaban J connectivity index is 2.23. The molecule has 0 unspecified atom stereocenters. The van der Waals surface area contributed by atoms with Crippen LogP contribution < -0.4 is 0 Å². The largest absolute Gasteiger partial charge is 0.367 e. The summed E-state index contributed by atoms with van der Waals surface area (Å²) in [7, 11) is 0. The normalized spacial score (nSPS) is 21.5. The van der Waals surface area contributed by atoms with Crippen molar-refractivity contribution in [3.05, 3.63) is 35.2 Å². The Morgan fingerprint density at radius 3 is 2.92 bits per heavy atom. The SMILES string of the molecule is c1ccc2sc([C@@H]3CO3)cc2c1. The molecule has 1 aromatic heterocycles. The van der Waals surface area contributed by atoms with E-state index in [4.69, 9.17) is 4.74 Å². The molecule has 1 nitrogen and oxygen atoms in total. The molecule has 1 saturated heterocycles. The fraction of sp³-hybridized carbons (Fsp3) is 0.200. The molecule has 1 fully saturated rings. The molecule has 1 aromatic carbocycles. The second kappa shape index (κ2) is 2.31. The number of fused-ring (bicyclic) bond motifs is 1. The van der Waals surface area contributed by atoms with Crippen LogP contribution in [0.2, 0.25) is 0 Å². The van der Waals surface area contributed by atoms with Crippen LogP contribution in [0.4, 0.5) is 0 Å². The van der Waals surface area contributed by atoms with Gasteiger partial charge in [0, 0.05) is 9.58 Å². The highest BCUT2D eigenvalue weighted by atomic mass is 32.1. The van der Waals surface area contributed by atoms with E-state index in [0.717, 1.165) is 6.61 Å². The van der Waals surface area contributed by atoms with E-state index in [1.54, 1.807) is 0 Å². The van der Waals surface area contributed by atoms with Crippen molar-refractivity contribution < 1.29 is 4.74 Å². The van der Waals surface area contributed by atoms with Gasteiger partial charge >= 0.3 is 0 Å². The zero-order valence-corrected chi connectivity index (χ0v) is 7.30. The molecule has 0 spiro atoms. The maximum Gasteiger partial charge on any atom is 0.115 e. The van der Waals surface area contributed by atoms with Gasteiger partial charge in [0.15, 0.2) is 0 Å². The summed E-state index contributed by atoms with van der Waals surface area (Å²) in [6.07, 6.45) is 0.405. The number of thiophene rings is 1. The summed E-state index contributed by atoms with van der Waals surface area (Å²) in [4.78, 5) is 1.37. The maximum absolute atomic E-state index is 5.23. The van der Waals surface area contributed by atoms with Gasteiger partial charge in [-0.05, 0) is 17.5 Å². The van der Waals surface area contributed by atoms with Crippen LogP contribution in [0.25, 0.3) is 10.1 Å². The van der Waals surface area contributed by atoms with Crippen molar-refractivity contribution in [2.24, 2.45) is 0 Å². The lowest BCUT2D eigenvalue weighted by atomic mass is 10.2. The highest BCUT2D eigenvalue weighted by Gasteiger charge is 2.26. The minimum absolute atomic E-state index is 0.405. The Morgan fingerprint density at radius 1 is 1.33 bits per heavy atom. The summed E-state index contributed by atoms with van der Waals surface area (Å²) in [6, 6.07) is 10.7. The van der Waals surface area contributed by atoms with Crippen LogP contribution >= 0.6 is 11.3 Å². The highest BCUT2D eigenvalue weighted by Crippen LogP contribution is 2.37. The van der Waals surface area contributed by atoms with Gasteiger partial charge in [-0.3, -0.25) is 0 Å². The van der Waals surface area contributed by atoms with Crippen LogP contribution in [0.5, 0.6) is 0 Å². The number of ether oxygens (including phenoxy) is 1. The average molecular weight is 176 g/mol. The molecule has 1 aliphatic heterocycles. The summed E-state index contributed by atoms with van der Waals surface area (Å²) in [6.45, 7) is 0.910. The molecule has 2 aromatic rings. The van der Waals surface area contributed by atoms with Crippen molar-refractivity contribution in [1.29, 1.82) is 0 Å². The monoisotopic (exact) mass is 176 g/mol. The predicted octanol–water partition coefficient (Wildman–Crippen LogP) is 2.97. The van der Waals surface area contributed by atoms with Gasteiger partial charge in [-0.15, -0.1) is 11.3 Å². The van der Waals surface area contributed by atoms with Crippen LogP contribution in [0.1, 0.15) is 11.0 Å². The number of hydrogen-bond donors (Lipinski definition) is 0. The topological polar surface area (TPSA) is 12.5 Å². The van der Waals surface area contributed by atoms with E-state index in [1.165, 1.54) is 15.0 Å². The minimum Gasteiger partial charge on any atom is -0.367 e. The molecule has 0 radical (unpaired) electrons. The second-order valence-electron chi connectivity index (χ2n) is 3.01. The van der Waals surface area contributed by atoms with Crippen molar-refractivity contribution in [2.45, 2.75) is 6.10 Å². The molecule has 0 aliphatic carbocycles. The van der Waals surface area contributed by atoms with Gasteiger partial charge in [-0.25, -0.2) is 0 Å². The molecule has 12 heavy (non-hydrogen) atoms. The molecule has 1 atom stereocenters. The minimum atomic E-state index is 0.405. The first kappa shape index (κ1) is 6.63. The van der Waals surface area contributed by atoms with Gasteiger partial charge in [-0.2, -0.15) is 0 Å². The van der Waals surface area contributed by atoms with Gasteiger partial charge in [0.05, 0.1) is 6.61 Å². The highest BCUT2D eigenvalue weighted by molar-refractivity contribution is 7.19. The van der Waals surface area contributed by atoms with E-state index in [1.807, 2.05) is 11.3 Å². The van der Waals surface area contributed by atoms with Crippen molar-refractivity contribution >= 4 is 21.4 Å². The zero-order valence-electron chi connectivity index (χ0n) is 6.49. The summed E-state index contributed by atoms with van der Waals surface area (Å²) in [5.41, 5.74) is 0. The maximum atomic E-state index is 5.23. The molecule has 0 bridgehead atoms. The lowest BCUT2D eigenvalue weighted by Crippen LogP contribution is -1.66. The van der Waals surface area contributed by atoms with E-state index >= 15 is 0 Å². The van der Waals surface area contributed by atoms with Crippen molar-refractivity contribution in [1.82, 2.24) is 0 Å². The van der Waals surface area contributed by atoms with E-state index in [0.29, 0.717) is 6.10 Å². The van der Waals surface area contributed by atoms with Gasteiger partial charge in [0.25, 0.3) is 0 Å². The quantitative estimate of drug-likeness (QED) is 0.608. The third-order valence-electron chi connectivity index (χ3n) is 2.10. The summed E-state index contributed by atoms with van der Waals surface area (Å²) in [5, 5.41) is 1.34. The molecule has 0 amide bonds. The number of rotatable bonds is 1. The Bertz CT molecular complexity index is 381. The van der Waals surface area contributed by atoms with Crippen LogP contribution in [0.3, 0.4) is 0 Å². The second-order valence-corrected chi connectivity index (χ2v) is 4.12. The number of benzene rings is 1. The van der Waals surface area contributed by atoms with E-state index in [2.05, 4.69) is 30.3 Å². The third-order valence-corrected chi connectivity index (χ3v) is 3.30. The lowest BCUT2D eigenvalue weighted by Gasteiger charge is -1.82. The molecule has 0 N–H and O–H groups in total. The Labute approximate surface area is 74.6 Å². The van der Waals surface area contributed by atoms with Crippen LogP contribution in [-0.4, -0.2) is 6.61 Å². The molecule has 1 aliphatic rings. The van der Waals surface area contributed by atoms with Crippen molar-refractivity contribution in [3.63, 3.8) is 0 Å². The molecule has 0 saturated carbocycles. The molecule has 2 heteroatoms. The van der Waals surface area contributed by atoms with E-state index in [9.17, 15) is 0 Å². The fourth-order valence-electron chi connectivity index (χ4n) is 1.37. The summed E-state index contributed by atoms with van der Waals surface area (Å²) in [5.74, 6) is 0. The summed E-state index contributed by atoms with van der Waals surface area (Å²) >= 11 is 1.84. The fourth-order valence-corrected chi connectivity index (χ4v) is 2.47. The molecular weight excluding hydrogens is 168 g/mol. The zero-order chi connectivity index (χ0) is 7.97. The Kier molecular flexibility index (Phi) is 1.28. The van der Waals surface area contributed by atoms with Gasteiger partial charge < -0.3 is 4.74 Å². The van der Waals surface area contributed by atoms with Crippen LogP contribution in [0, 0.1) is 0 Å². The molecule has 3 rings (SSSR count). The lowest BCUT2D eigenvalue weighted by molar-refractivity contribution is 0.418. The average Bonchev–Trinajstić information content (AvgIpc) is 2.85. The van der Waals surface area contributed by atoms with Gasteiger partial charge in [-0.1, -0.05) is 18.2 Å². The first-order valence-corrected chi connectivity index (χ1v) is 4.85. The van der Waals surface area contributed by atoms with Crippen molar-refractivity contribution in [2.75, 3.05) is 6.61 Å². The number of epoxide rings is 1. The van der Waals surface area contributed by atoms with E-state index in [-0.39, 0.29) is 0 Å². The van der Waals surface area contributed by atoms with Crippen LogP contribution in [0.15, 0.2) is 30.3 Å². The Morgan fingerprint density at radius 2 is 2.17 bits per heavy atom. The Hall–Kier alpha value is -0.860. The molecule has 2 heterocycles. The van der Waals surface area contributed by atoms with Crippen LogP contribution in [-0.2, 0) is 4.74 Å². The van der Waals surface area contributed by atoms with Gasteiger partial charge in [0.1, 0.15) is 6.10 Å². The third kappa shape index (κ3) is 0.958. The molecule has 60 valence electrons. The van der Waals surface area contributed by atoms with Crippen molar-refractivity contribution in [3.8, 4) is 0 Å². The molecular formula is C10H8OS. The van der Waals surface area contributed by atoms with E-state index < -0.39 is 0 Å². The predicted molar refractivity (Wildman–Crippen MR) is 50.5 cm³/mol. The number of hydrogen-bond acceptors (Lipinski definition) is 2. The summed E-state index contributed by atoms with van der Waals surface area (Å²) < 4.78 is 6.60. The first-order chi connectivity index (χ1) is 5.93. The van der Waals surface area contributed by atoms with Gasteiger partial charge in [0.2, 0.25) is 0 Å². The smallest absolute Gasteiger partial charge is 0.115 e. The standard InChI is InChI=1S/C10H8OS/c1-2-4-9-7(3-1)5-10(12-9)8-6-11-8/h1-5,8H,6H2/t8-/m0/s1. The first-order valence-electron chi connectivity index (χ1n) is 4.03.